The number of benzene rings is 1. The second kappa shape index (κ2) is 13.7. The van der Waals surface area contributed by atoms with Crippen molar-refractivity contribution in [2.24, 2.45) is 17.3 Å². The molecular weight excluding hydrogens is 562 g/mol. The Bertz CT molecular complexity index is 1270. The lowest BCUT2D eigenvalue weighted by Gasteiger charge is -2.36. The summed E-state index contributed by atoms with van der Waals surface area (Å²) in [6, 6.07) is 5.69. The highest BCUT2D eigenvalue weighted by Gasteiger charge is 2.38. The number of para-hydroxylation sites is 1. The third-order valence-corrected chi connectivity index (χ3v) is 9.48. The number of hydrogen-bond acceptors (Lipinski definition) is 6. The third-order valence-electron chi connectivity index (χ3n) is 8.43. The Balaban J connectivity index is 1.52. The van der Waals surface area contributed by atoms with Crippen molar-refractivity contribution < 1.29 is 19.2 Å². The first-order valence-corrected chi connectivity index (χ1v) is 16.6. The molecule has 1 unspecified atom stereocenters. The molecule has 0 aliphatic heterocycles. The van der Waals surface area contributed by atoms with E-state index in [-0.39, 0.29) is 24.1 Å². The van der Waals surface area contributed by atoms with Gasteiger partial charge in [-0.1, -0.05) is 65.0 Å². The number of Topliss-reactive ketones (excluding diaryl/α,β-unsaturated/α-hetero) is 1. The van der Waals surface area contributed by atoms with E-state index in [2.05, 4.69) is 20.9 Å². The Morgan fingerprint density at radius 1 is 0.930 bits per heavy atom. The number of ketones is 1. The molecule has 0 spiro atoms. The van der Waals surface area contributed by atoms with Gasteiger partial charge in [-0.25, -0.2) is 9.78 Å². The second-order valence-electron chi connectivity index (χ2n) is 14.5. The van der Waals surface area contributed by atoms with Gasteiger partial charge >= 0.3 is 6.03 Å². The number of thiazole rings is 1. The van der Waals surface area contributed by atoms with Crippen LogP contribution in [-0.2, 0) is 9.59 Å². The van der Waals surface area contributed by atoms with E-state index in [4.69, 9.17) is 0 Å². The van der Waals surface area contributed by atoms with Gasteiger partial charge in [-0.2, -0.15) is 0 Å². The average molecular weight is 612 g/mol. The van der Waals surface area contributed by atoms with E-state index in [1.54, 1.807) is 4.90 Å². The van der Waals surface area contributed by atoms with E-state index >= 15 is 0 Å². The number of carbonyl (C=O) groups excluding carboxylic acids is 4. The van der Waals surface area contributed by atoms with Gasteiger partial charge in [0, 0.05) is 12.1 Å². The Kier molecular flexibility index (Phi) is 10.5. The van der Waals surface area contributed by atoms with Crippen molar-refractivity contribution in [1.82, 2.24) is 25.8 Å². The lowest BCUT2D eigenvalue weighted by atomic mass is 9.80. The zero-order chi connectivity index (χ0) is 31.4. The van der Waals surface area contributed by atoms with Crippen molar-refractivity contribution in [1.29, 1.82) is 0 Å². The highest BCUT2D eigenvalue weighted by atomic mass is 32.1. The van der Waals surface area contributed by atoms with Crippen LogP contribution >= 0.6 is 11.3 Å². The Labute approximate surface area is 260 Å². The molecule has 1 aromatic heterocycles. The zero-order valence-corrected chi connectivity index (χ0v) is 27.4. The first kappa shape index (κ1) is 32.9. The summed E-state index contributed by atoms with van der Waals surface area (Å²) in [5.74, 6) is -0.140. The molecule has 2 aliphatic rings. The van der Waals surface area contributed by atoms with Crippen molar-refractivity contribution in [2.45, 2.75) is 111 Å². The van der Waals surface area contributed by atoms with Crippen molar-refractivity contribution >= 4 is 45.2 Å². The summed E-state index contributed by atoms with van der Waals surface area (Å²) in [6.07, 6.45) is 8.00. The molecular formula is C33H49N5O4S. The highest BCUT2D eigenvalue weighted by molar-refractivity contribution is 7.20. The molecule has 0 radical (unpaired) electrons. The van der Waals surface area contributed by atoms with E-state index in [9.17, 15) is 19.2 Å². The predicted molar refractivity (Wildman–Crippen MR) is 171 cm³/mol. The van der Waals surface area contributed by atoms with Crippen molar-refractivity contribution in [3.05, 3.63) is 29.3 Å². The smallest absolute Gasteiger partial charge is 0.315 e. The van der Waals surface area contributed by atoms with Gasteiger partial charge in [0.1, 0.15) is 6.04 Å². The normalized spacial score (nSPS) is 17.6. The van der Waals surface area contributed by atoms with Gasteiger partial charge in [0.25, 0.3) is 0 Å². The number of fused-ring (bicyclic) bond motifs is 1. The van der Waals surface area contributed by atoms with E-state index < -0.39 is 29.1 Å². The van der Waals surface area contributed by atoms with E-state index in [1.807, 2.05) is 65.8 Å². The second-order valence-corrected chi connectivity index (χ2v) is 15.6. The van der Waals surface area contributed by atoms with Crippen molar-refractivity contribution in [2.75, 3.05) is 13.1 Å². The summed E-state index contributed by atoms with van der Waals surface area (Å²) in [6.45, 7) is 11.6. The van der Waals surface area contributed by atoms with E-state index in [0.29, 0.717) is 29.8 Å². The van der Waals surface area contributed by atoms with Crippen molar-refractivity contribution in [3.63, 3.8) is 0 Å². The largest absolute Gasteiger partial charge is 0.344 e. The van der Waals surface area contributed by atoms with Gasteiger partial charge in [0.05, 0.1) is 22.8 Å². The summed E-state index contributed by atoms with van der Waals surface area (Å²) < 4.78 is 0.934. The quantitative estimate of drug-likeness (QED) is 0.282. The number of rotatable bonds is 11. The first-order chi connectivity index (χ1) is 20.2. The molecule has 1 aromatic carbocycles. The Morgan fingerprint density at radius 3 is 2.16 bits per heavy atom. The number of amides is 4. The molecule has 43 heavy (non-hydrogen) atoms. The molecule has 9 nitrogen and oxygen atoms in total. The van der Waals surface area contributed by atoms with Gasteiger partial charge in [-0.15, -0.1) is 11.3 Å². The number of aromatic nitrogens is 1. The minimum atomic E-state index is -0.834. The maximum absolute atomic E-state index is 14.1. The zero-order valence-electron chi connectivity index (χ0n) is 26.6. The van der Waals surface area contributed by atoms with Crippen LogP contribution in [0.4, 0.5) is 4.79 Å². The molecule has 2 aliphatic carbocycles. The molecule has 4 amide bonds. The summed E-state index contributed by atoms with van der Waals surface area (Å²) in [5, 5.41) is 9.17. The lowest BCUT2D eigenvalue weighted by molar-refractivity contribution is -0.140. The molecule has 1 heterocycles. The number of carbonyl (C=O) groups is 4. The van der Waals surface area contributed by atoms with Gasteiger partial charge in [0.2, 0.25) is 17.6 Å². The molecule has 3 N–H and O–H groups in total. The Morgan fingerprint density at radius 2 is 1.58 bits per heavy atom. The summed E-state index contributed by atoms with van der Waals surface area (Å²) in [7, 11) is 0. The molecule has 2 fully saturated rings. The van der Waals surface area contributed by atoms with Crippen LogP contribution in [0.25, 0.3) is 10.2 Å². The lowest BCUT2D eigenvalue weighted by Crippen LogP contribution is -2.60. The maximum atomic E-state index is 14.1. The fourth-order valence-electron chi connectivity index (χ4n) is 5.91. The van der Waals surface area contributed by atoms with Gasteiger partial charge in [-0.05, 0) is 69.4 Å². The van der Waals surface area contributed by atoms with Crippen LogP contribution in [0.5, 0.6) is 0 Å². The molecule has 2 saturated carbocycles. The van der Waals surface area contributed by atoms with Crippen LogP contribution in [0.3, 0.4) is 0 Å². The highest BCUT2D eigenvalue weighted by Crippen LogP contribution is 2.32. The minimum Gasteiger partial charge on any atom is -0.344 e. The third kappa shape index (κ3) is 9.24. The van der Waals surface area contributed by atoms with Crippen LogP contribution in [-0.4, -0.2) is 64.2 Å². The number of nitrogens with one attached hydrogen (secondary N) is 3. The molecule has 4 rings (SSSR count). The number of nitrogens with zero attached hydrogens (tertiary/aromatic N) is 2. The molecule has 0 bridgehead atoms. The molecule has 236 valence electrons. The maximum Gasteiger partial charge on any atom is 0.315 e. The number of urea groups is 1. The molecule has 0 saturated heterocycles. The fraction of sp³-hybridized carbons (Fsp3) is 0.667. The summed E-state index contributed by atoms with van der Waals surface area (Å²) >= 11 is 1.35. The van der Waals surface area contributed by atoms with E-state index in [0.717, 1.165) is 55.2 Å². The molecule has 2 atom stereocenters. The summed E-state index contributed by atoms with van der Waals surface area (Å²) in [4.78, 5) is 60.5. The van der Waals surface area contributed by atoms with Crippen LogP contribution in [0.15, 0.2) is 24.3 Å². The molecule has 10 heteroatoms. The average Bonchev–Trinajstić information content (AvgIpc) is 3.55. The topological polar surface area (TPSA) is 121 Å². The van der Waals surface area contributed by atoms with Gasteiger partial charge in [0.15, 0.2) is 5.01 Å². The van der Waals surface area contributed by atoms with E-state index in [1.165, 1.54) is 11.3 Å². The number of hydrogen-bond donors (Lipinski definition) is 3. The Hall–Kier alpha value is -3.01. The van der Waals surface area contributed by atoms with Gasteiger partial charge in [-0.3, -0.25) is 14.4 Å². The summed E-state index contributed by atoms with van der Waals surface area (Å²) in [5.41, 5.74) is -0.287. The van der Waals surface area contributed by atoms with Gasteiger partial charge < -0.3 is 20.9 Å². The van der Waals surface area contributed by atoms with Crippen LogP contribution in [0, 0.1) is 17.3 Å². The SMILES string of the molecule is CC(C)(C)NC(=O)N[C@H](C(=O)N(CC(=O)NC(CC1CCC1)C(=O)c1nc2ccccc2s1)CC1CCCC1)C(C)(C)C. The van der Waals surface area contributed by atoms with Crippen LogP contribution in [0.1, 0.15) is 103 Å². The van der Waals surface area contributed by atoms with Crippen molar-refractivity contribution in [3.8, 4) is 0 Å². The standard InChI is InChI=1S/C33H49N5O4S/c1-32(2,3)28(36-31(42)37-33(4,5)6)30(41)38(19-22-12-7-8-13-22)20-26(39)34-24(18-21-14-11-15-21)27(40)29-35-23-16-9-10-17-25(23)43-29/h9-10,16-17,21-22,24,28H,7-8,11-15,18-20H2,1-6H3,(H,34,39)(H2,36,37,42)/t24?,28-/m1/s1. The predicted octanol–water partition coefficient (Wildman–Crippen LogP) is 5.69. The monoisotopic (exact) mass is 611 g/mol. The molecule has 2 aromatic rings. The first-order valence-electron chi connectivity index (χ1n) is 15.8. The fourth-order valence-corrected chi connectivity index (χ4v) is 6.87. The van der Waals surface area contributed by atoms with Crippen LogP contribution < -0.4 is 16.0 Å². The van der Waals surface area contributed by atoms with Crippen LogP contribution in [0.2, 0.25) is 0 Å². The minimum absolute atomic E-state index is 0.168.